The van der Waals surface area contributed by atoms with Gasteiger partial charge in [-0.2, -0.15) is 0 Å². The predicted molar refractivity (Wildman–Crippen MR) is 62.8 cm³/mol. The molecule has 1 aliphatic rings. The fourth-order valence-corrected chi connectivity index (χ4v) is 2.22. The summed E-state index contributed by atoms with van der Waals surface area (Å²) in [4.78, 5) is 14.7. The van der Waals surface area contributed by atoms with E-state index in [1.807, 2.05) is 11.5 Å². The second-order valence-electron chi connectivity index (χ2n) is 3.42. The van der Waals surface area contributed by atoms with E-state index in [4.69, 9.17) is 0 Å². The molecule has 84 valence electrons. The van der Waals surface area contributed by atoms with E-state index in [0.29, 0.717) is 12.8 Å². The van der Waals surface area contributed by atoms with Gasteiger partial charge in [0.1, 0.15) is 17.5 Å². The van der Waals surface area contributed by atoms with Crippen molar-refractivity contribution in [2.45, 2.75) is 19.1 Å². The number of aliphatic hydroxyl groups is 1. The summed E-state index contributed by atoms with van der Waals surface area (Å²) in [6.07, 6.45) is 6.73. The standard InChI is InChI=1S/C11H12N2O2S/c14-5-1-2-9-7-16-11(13-9)8-3-4-10(15)12-6-8/h3-7,10,12,15H,1-2H2. The maximum absolute atomic E-state index is 10.2. The Morgan fingerprint density at radius 1 is 1.62 bits per heavy atom. The van der Waals surface area contributed by atoms with E-state index in [0.717, 1.165) is 22.6 Å². The Hall–Kier alpha value is -1.46. The third-order valence-corrected chi connectivity index (χ3v) is 3.12. The van der Waals surface area contributed by atoms with E-state index in [9.17, 15) is 9.90 Å². The summed E-state index contributed by atoms with van der Waals surface area (Å²) >= 11 is 1.54. The molecular weight excluding hydrogens is 224 g/mol. The number of aryl methyl sites for hydroxylation is 1. The van der Waals surface area contributed by atoms with Crippen LogP contribution in [0.15, 0.2) is 23.7 Å². The van der Waals surface area contributed by atoms with Crippen LogP contribution in [0.5, 0.6) is 0 Å². The van der Waals surface area contributed by atoms with Crippen molar-refractivity contribution in [2.75, 3.05) is 0 Å². The number of carbonyl (C=O) groups excluding carboxylic acids is 1. The molecule has 1 aromatic rings. The SMILES string of the molecule is O=CCCc1csc(C2=CNC(O)C=C2)n1. The zero-order valence-electron chi connectivity index (χ0n) is 8.59. The van der Waals surface area contributed by atoms with Crippen LogP contribution in [0.4, 0.5) is 0 Å². The van der Waals surface area contributed by atoms with Gasteiger partial charge in [0.2, 0.25) is 0 Å². The highest BCUT2D eigenvalue weighted by Gasteiger charge is 2.09. The fraction of sp³-hybridized carbons (Fsp3) is 0.273. The van der Waals surface area contributed by atoms with E-state index in [-0.39, 0.29) is 0 Å². The minimum atomic E-state index is -0.613. The summed E-state index contributed by atoms with van der Waals surface area (Å²) in [7, 11) is 0. The quantitative estimate of drug-likeness (QED) is 0.768. The van der Waals surface area contributed by atoms with Crippen LogP contribution in [0.25, 0.3) is 5.57 Å². The number of dihydropyridines is 1. The lowest BCUT2D eigenvalue weighted by Crippen LogP contribution is -2.23. The zero-order chi connectivity index (χ0) is 11.4. The Labute approximate surface area is 97.3 Å². The number of nitrogens with one attached hydrogen (secondary N) is 1. The van der Waals surface area contributed by atoms with Gasteiger partial charge in [-0.05, 0) is 12.5 Å². The molecule has 2 N–H and O–H groups in total. The molecule has 2 heterocycles. The van der Waals surface area contributed by atoms with Crippen molar-refractivity contribution in [1.29, 1.82) is 0 Å². The normalized spacial score (nSPS) is 19.1. The van der Waals surface area contributed by atoms with Crippen molar-refractivity contribution >= 4 is 23.2 Å². The van der Waals surface area contributed by atoms with E-state index < -0.39 is 6.23 Å². The lowest BCUT2D eigenvalue weighted by molar-refractivity contribution is -0.107. The molecule has 0 aromatic carbocycles. The maximum Gasteiger partial charge on any atom is 0.143 e. The molecule has 0 radical (unpaired) electrons. The highest BCUT2D eigenvalue weighted by Crippen LogP contribution is 2.22. The van der Waals surface area contributed by atoms with Gasteiger partial charge in [-0.1, -0.05) is 6.08 Å². The van der Waals surface area contributed by atoms with Crippen molar-refractivity contribution < 1.29 is 9.90 Å². The van der Waals surface area contributed by atoms with E-state index in [1.165, 1.54) is 11.3 Å². The number of aldehydes is 1. The summed E-state index contributed by atoms with van der Waals surface area (Å²) in [5, 5.41) is 14.9. The lowest BCUT2D eigenvalue weighted by atomic mass is 10.2. The number of hydrogen-bond acceptors (Lipinski definition) is 5. The average Bonchev–Trinajstić information content (AvgIpc) is 2.76. The minimum Gasteiger partial charge on any atom is -0.370 e. The molecule has 1 unspecified atom stereocenters. The first-order valence-electron chi connectivity index (χ1n) is 5.00. The molecule has 0 aliphatic carbocycles. The van der Waals surface area contributed by atoms with E-state index >= 15 is 0 Å². The second kappa shape index (κ2) is 5.05. The van der Waals surface area contributed by atoms with Crippen LogP contribution in [0.3, 0.4) is 0 Å². The molecule has 0 amide bonds. The van der Waals surface area contributed by atoms with E-state index in [1.54, 1.807) is 12.3 Å². The van der Waals surface area contributed by atoms with Gasteiger partial charge in [-0.15, -0.1) is 11.3 Å². The van der Waals surface area contributed by atoms with Crippen molar-refractivity contribution in [3.8, 4) is 0 Å². The molecule has 0 saturated heterocycles. The molecule has 16 heavy (non-hydrogen) atoms. The first kappa shape index (κ1) is 11.0. The molecule has 0 spiro atoms. The Balaban J connectivity index is 2.07. The molecule has 4 nitrogen and oxygen atoms in total. The van der Waals surface area contributed by atoms with Gasteiger partial charge in [-0.3, -0.25) is 0 Å². The molecule has 1 aromatic heterocycles. The van der Waals surface area contributed by atoms with Gasteiger partial charge in [0.05, 0.1) is 5.69 Å². The number of nitrogens with zero attached hydrogens (tertiary/aromatic N) is 1. The third kappa shape index (κ3) is 2.56. The zero-order valence-corrected chi connectivity index (χ0v) is 9.41. The number of allylic oxidation sites excluding steroid dienone is 2. The fourth-order valence-electron chi connectivity index (χ4n) is 1.37. The molecule has 0 fully saturated rings. The number of aromatic nitrogens is 1. The number of hydrogen-bond donors (Lipinski definition) is 2. The molecule has 1 atom stereocenters. The number of rotatable bonds is 4. The Morgan fingerprint density at radius 3 is 3.19 bits per heavy atom. The average molecular weight is 236 g/mol. The minimum absolute atomic E-state index is 0.509. The van der Waals surface area contributed by atoms with Crippen LogP contribution < -0.4 is 5.32 Å². The summed E-state index contributed by atoms with van der Waals surface area (Å²) in [6, 6.07) is 0. The van der Waals surface area contributed by atoms with Crippen LogP contribution in [0.2, 0.25) is 0 Å². The highest BCUT2D eigenvalue weighted by molar-refractivity contribution is 7.10. The highest BCUT2D eigenvalue weighted by atomic mass is 32.1. The first-order chi connectivity index (χ1) is 7.79. The first-order valence-corrected chi connectivity index (χ1v) is 5.88. The van der Waals surface area contributed by atoms with Crippen molar-refractivity contribution in [2.24, 2.45) is 0 Å². The van der Waals surface area contributed by atoms with Gasteiger partial charge in [-0.25, -0.2) is 4.98 Å². The summed E-state index contributed by atoms with van der Waals surface area (Å²) in [5.41, 5.74) is 1.89. The summed E-state index contributed by atoms with van der Waals surface area (Å²) in [6.45, 7) is 0. The summed E-state index contributed by atoms with van der Waals surface area (Å²) in [5.74, 6) is 0. The number of aliphatic hydroxyl groups excluding tert-OH is 1. The van der Waals surface area contributed by atoms with Gasteiger partial charge >= 0.3 is 0 Å². The second-order valence-corrected chi connectivity index (χ2v) is 4.28. The predicted octanol–water partition coefficient (Wildman–Crippen LogP) is 1.09. The van der Waals surface area contributed by atoms with Crippen LogP contribution in [-0.4, -0.2) is 22.6 Å². The van der Waals surface area contributed by atoms with Crippen molar-refractivity contribution in [3.63, 3.8) is 0 Å². The molecule has 2 rings (SSSR count). The smallest absolute Gasteiger partial charge is 0.143 e. The Kier molecular flexibility index (Phi) is 3.48. The van der Waals surface area contributed by atoms with Gasteiger partial charge in [0.25, 0.3) is 0 Å². The maximum atomic E-state index is 10.2. The topological polar surface area (TPSA) is 62.2 Å². The molecule has 1 aliphatic heterocycles. The molecule has 0 bridgehead atoms. The number of thiazole rings is 1. The van der Waals surface area contributed by atoms with Crippen LogP contribution in [0, 0.1) is 0 Å². The third-order valence-electron chi connectivity index (χ3n) is 2.18. The monoisotopic (exact) mass is 236 g/mol. The van der Waals surface area contributed by atoms with Crippen molar-refractivity contribution in [3.05, 3.63) is 34.4 Å². The van der Waals surface area contributed by atoms with Crippen molar-refractivity contribution in [1.82, 2.24) is 10.3 Å². The van der Waals surface area contributed by atoms with Crippen LogP contribution in [0.1, 0.15) is 17.1 Å². The number of carbonyl (C=O) groups is 1. The molecular formula is C11H12N2O2S. The van der Waals surface area contributed by atoms with E-state index in [2.05, 4.69) is 10.3 Å². The van der Waals surface area contributed by atoms with Crippen LogP contribution in [-0.2, 0) is 11.2 Å². The molecule has 0 saturated carbocycles. The lowest BCUT2D eigenvalue weighted by Gasteiger charge is -2.11. The molecule has 5 heteroatoms. The Morgan fingerprint density at radius 2 is 2.50 bits per heavy atom. The van der Waals surface area contributed by atoms with Gasteiger partial charge in [0.15, 0.2) is 0 Å². The van der Waals surface area contributed by atoms with Gasteiger partial charge < -0.3 is 15.2 Å². The van der Waals surface area contributed by atoms with Crippen LogP contribution >= 0.6 is 11.3 Å². The summed E-state index contributed by atoms with van der Waals surface area (Å²) < 4.78 is 0. The van der Waals surface area contributed by atoms with Gasteiger partial charge in [0, 0.05) is 23.6 Å². The Bertz CT molecular complexity index is 437. The largest absolute Gasteiger partial charge is 0.370 e.